The van der Waals surface area contributed by atoms with Gasteiger partial charge in [-0.25, -0.2) is 9.18 Å². The Bertz CT molecular complexity index is 748. The molecule has 0 unspecified atom stereocenters. The zero-order chi connectivity index (χ0) is 17.7. The average molecular weight is 395 g/mol. The van der Waals surface area contributed by atoms with E-state index < -0.39 is 24.3 Å². The van der Waals surface area contributed by atoms with Gasteiger partial charge < -0.3 is 15.0 Å². The molecule has 126 valence electrons. The lowest BCUT2D eigenvalue weighted by molar-refractivity contribution is -0.119. The van der Waals surface area contributed by atoms with Crippen LogP contribution in [0.15, 0.2) is 46.9 Å². The van der Waals surface area contributed by atoms with E-state index in [1.807, 2.05) is 19.0 Å². The minimum Gasteiger partial charge on any atom is -0.452 e. The molecule has 2 aromatic rings. The molecule has 24 heavy (non-hydrogen) atoms. The van der Waals surface area contributed by atoms with Gasteiger partial charge in [0.05, 0.1) is 11.3 Å². The molecule has 0 aliphatic rings. The Morgan fingerprint density at radius 3 is 2.42 bits per heavy atom. The highest BCUT2D eigenvalue weighted by atomic mass is 79.9. The summed E-state index contributed by atoms with van der Waals surface area (Å²) >= 11 is 3.13. The van der Waals surface area contributed by atoms with Crippen molar-refractivity contribution >= 4 is 39.2 Å². The van der Waals surface area contributed by atoms with Gasteiger partial charge in [-0.1, -0.05) is 15.9 Å². The SMILES string of the molecule is CN(C)c1ccc(C(=O)OCC(=O)Nc2ccc(Br)cc2F)cc1. The van der Waals surface area contributed by atoms with Crippen LogP contribution in [0.3, 0.4) is 0 Å². The molecule has 0 atom stereocenters. The fourth-order valence-corrected chi connectivity index (χ4v) is 2.22. The topological polar surface area (TPSA) is 58.6 Å². The van der Waals surface area contributed by atoms with Crippen molar-refractivity contribution in [1.82, 2.24) is 0 Å². The first kappa shape index (κ1) is 17.9. The number of benzene rings is 2. The maximum Gasteiger partial charge on any atom is 0.338 e. The quantitative estimate of drug-likeness (QED) is 0.788. The fraction of sp³-hybridized carbons (Fsp3) is 0.176. The first-order chi connectivity index (χ1) is 11.4. The van der Waals surface area contributed by atoms with Gasteiger partial charge in [-0.3, -0.25) is 4.79 Å². The molecule has 0 bridgehead atoms. The third-order valence-electron chi connectivity index (χ3n) is 3.16. The molecule has 0 saturated heterocycles. The van der Waals surface area contributed by atoms with Crippen LogP contribution in [-0.4, -0.2) is 32.6 Å². The summed E-state index contributed by atoms with van der Waals surface area (Å²) in [5.74, 6) is -1.82. The van der Waals surface area contributed by atoms with Crippen molar-refractivity contribution < 1.29 is 18.7 Å². The molecule has 0 heterocycles. The Balaban J connectivity index is 1.90. The van der Waals surface area contributed by atoms with Crippen molar-refractivity contribution in [2.24, 2.45) is 0 Å². The van der Waals surface area contributed by atoms with E-state index in [4.69, 9.17) is 4.74 Å². The Kier molecular flexibility index (Phi) is 5.92. The normalized spacial score (nSPS) is 10.2. The summed E-state index contributed by atoms with van der Waals surface area (Å²) in [7, 11) is 3.78. The maximum absolute atomic E-state index is 13.6. The molecular formula is C17H16BrFN2O3. The van der Waals surface area contributed by atoms with Crippen molar-refractivity contribution in [1.29, 1.82) is 0 Å². The monoisotopic (exact) mass is 394 g/mol. The number of ether oxygens (including phenoxy) is 1. The van der Waals surface area contributed by atoms with Crippen LogP contribution in [0.4, 0.5) is 15.8 Å². The number of rotatable bonds is 5. The van der Waals surface area contributed by atoms with Crippen LogP contribution in [-0.2, 0) is 9.53 Å². The zero-order valence-corrected chi connectivity index (χ0v) is 14.8. The first-order valence-corrected chi connectivity index (χ1v) is 7.85. The van der Waals surface area contributed by atoms with Crippen molar-refractivity contribution in [2.75, 3.05) is 30.9 Å². The number of nitrogens with one attached hydrogen (secondary N) is 1. The second-order valence-electron chi connectivity index (χ2n) is 5.19. The molecule has 0 aliphatic carbocycles. The number of anilines is 2. The molecule has 0 saturated carbocycles. The number of nitrogens with zero attached hydrogens (tertiary/aromatic N) is 1. The molecular weight excluding hydrogens is 379 g/mol. The summed E-state index contributed by atoms with van der Waals surface area (Å²) in [6.07, 6.45) is 0. The van der Waals surface area contributed by atoms with E-state index in [0.29, 0.717) is 10.0 Å². The van der Waals surface area contributed by atoms with E-state index in [2.05, 4.69) is 21.2 Å². The number of esters is 1. The van der Waals surface area contributed by atoms with Crippen molar-refractivity contribution in [3.63, 3.8) is 0 Å². The largest absolute Gasteiger partial charge is 0.452 e. The summed E-state index contributed by atoms with van der Waals surface area (Å²) in [6.45, 7) is -0.496. The van der Waals surface area contributed by atoms with Gasteiger partial charge in [0.2, 0.25) is 0 Å². The average Bonchev–Trinajstić information content (AvgIpc) is 2.55. The number of carbonyl (C=O) groups excluding carboxylic acids is 2. The van der Waals surface area contributed by atoms with Gasteiger partial charge in [0.25, 0.3) is 5.91 Å². The molecule has 0 spiro atoms. The molecule has 1 N–H and O–H groups in total. The molecule has 2 aromatic carbocycles. The summed E-state index contributed by atoms with van der Waals surface area (Å²) in [5, 5.41) is 2.35. The van der Waals surface area contributed by atoms with E-state index in [1.165, 1.54) is 12.1 Å². The highest BCUT2D eigenvalue weighted by Gasteiger charge is 2.12. The van der Waals surface area contributed by atoms with Gasteiger partial charge in [0.1, 0.15) is 5.82 Å². The summed E-state index contributed by atoms with van der Waals surface area (Å²) in [5.41, 5.74) is 1.30. The van der Waals surface area contributed by atoms with Gasteiger partial charge in [-0.2, -0.15) is 0 Å². The third-order valence-corrected chi connectivity index (χ3v) is 3.65. The molecule has 0 aliphatic heterocycles. The van der Waals surface area contributed by atoms with Gasteiger partial charge in [0, 0.05) is 24.3 Å². The van der Waals surface area contributed by atoms with Gasteiger partial charge in [0.15, 0.2) is 6.61 Å². The van der Waals surface area contributed by atoms with Gasteiger partial charge >= 0.3 is 5.97 Å². The predicted molar refractivity (Wildman–Crippen MR) is 93.8 cm³/mol. The van der Waals surface area contributed by atoms with Crippen LogP contribution in [0.2, 0.25) is 0 Å². The molecule has 2 rings (SSSR count). The highest BCUT2D eigenvalue weighted by Crippen LogP contribution is 2.19. The molecule has 0 aromatic heterocycles. The number of hydrogen-bond donors (Lipinski definition) is 1. The maximum atomic E-state index is 13.6. The lowest BCUT2D eigenvalue weighted by atomic mass is 10.2. The summed E-state index contributed by atoms with van der Waals surface area (Å²) in [6, 6.07) is 11.0. The van der Waals surface area contributed by atoms with E-state index in [1.54, 1.807) is 30.3 Å². The molecule has 0 radical (unpaired) electrons. The summed E-state index contributed by atoms with van der Waals surface area (Å²) < 4.78 is 19.1. The second-order valence-corrected chi connectivity index (χ2v) is 6.11. The minimum absolute atomic E-state index is 0.0228. The highest BCUT2D eigenvalue weighted by molar-refractivity contribution is 9.10. The van der Waals surface area contributed by atoms with Crippen LogP contribution in [0, 0.1) is 5.82 Å². The van der Waals surface area contributed by atoms with Crippen LogP contribution >= 0.6 is 15.9 Å². The summed E-state index contributed by atoms with van der Waals surface area (Å²) in [4.78, 5) is 25.6. The zero-order valence-electron chi connectivity index (χ0n) is 13.2. The molecule has 0 fully saturated rings. The predicted octanol–water partition coefficient (Wildman–Crippen LogP) is 3.45. The molecule has 1 amide bonds. The molecule has 7 heteroatoms. The van der Waals surface area contributed by atoms with E-state index in [0.717, 1.165) is 5.69 Å². The number of amides is 1. The van der Waals surface area contributed by atoms with Gasteiger partial charge in [-0.05, 0) is 42.5 Å². The van der Waals surface area contributed by atoms with Crippen molar-refractivity contribution in [3.8, 4) is 0 Å². The van der Waals surface area contributed by atoms with Crippen LogP contribution < -0.4 is 10.2 Å². The van der Waals surface area contributed by atoms with Crippen molar-refractivity contribution in [3.05, 3.63) is 58.3 Å². The Morgan fingerprint density at radius 2 is 1.83 bits per heavy atom. The van der Waals surface area contributed by atoms with Crippen LogP contribution in [0.25, 0.3) is 0 Å². The molecule has 5 nitrogen and oxygen atoms in total. The number of carbonyl (C=O) groups is 2. The first-order valence-electron chi connectivity index (χ1n) is 7.06. The minimum atomic E-state index is -0.619. The van der Waals surface area contributed by atoms with Crippen LogP contribution in [0.5, 0.6) is 0 Å². The number of hydrogen-bond acceptors (Lipinski definition) is 4. The third kappa shape index (κ3) is 4.79. The number of halogens is 2. The Hall–Kier alpha value is -2.41. The Morgan fingerprint density at radius 1 is 1.17 bits per heavy atom. The fourth-order valence-electron chi connectivity index (χ4n) is 1.89. The lowest BCUT2D eigenvalue weighted by Crippen LogP contribution is -2.21. The van der Waals surface area contributed by atoms with Gasteiger partial charge in [-0.15, -0.1) is 0 Å². The smallest absolute Gasteiger partial charge is 0.338 e. The van der Waals surface area contributed by atoms with E-state index in [9.17, 15) is 14.0 Å². The van der Waals surface area contributed by atoms with E-state index in [-0.39, 0.29) is 5.69 Å². The van der Waals surface area contributed by atoms with Crippen molar-refractivity contribution in [2.45, 2.75) is 0 Å². The van der Waals surface area contributed by atoms with Crippen LogP contribution in [0.1, 0.15) is 10.4 Å². The second kappa shape index (κ2) is 7.92. The Labute approximate surface area is 147 Å². The van der Waals surface area contributed by atoms with E-state index >= 15 is 0 Å². The lowest BCUT2D eigenvalue weighted by Gasteiger charge is -2.12. The standard InChI is InChI=1S/C17H16BrFN2O3/c1-21(2)13-6-3-11(4-7-13)17(23)24-10-16(22)20-15-8-5-12(18)9-14(15)19/h3-9H,10H2,1-2H3,(H,20,22).